The Morgan fingerprint density at radius 2 is 2.29 bits per heavy atom. The standard InChI is InChI=1S/C16H16N2O3/c1-2-14-13(9-11-21-14)16(20)18-15-8-5-7-12(17-15)6-3-4-10-19/h5,7-9,11,19H,2,4,10H2,1H3,(H,17,18,20). The van der Waals surface area contributed by atoms with Crippen molar-refractivity contribution in [2.45, 2.75) is 19.8 Å². The van der Waals surface area contributed by atoms with Crippen LogP contribution in [0.4, 0.5) is 5.82 Å². The number of furan rings is 1. The van der Waals surface area contributed by atoms with E-state index in [1.165, 1.54) is 6.26 Å². The van der Waals surface area contributed by atoms with Gasteiger partial charge in [0.2, 0.25) is 0 Å². The molecule has 2 heterocycles. The number of aryl methyl sites for hydroxylation is 1. The molecule has 0 aliphatic rings. The van der Waals surface area contributed by atoms with Crippen molar-refractivity contribution in [3.05, 3.63) is 47.5 Å². The zero-order valence-corrected chi connectivity index (χ0v) is 11.7. The van der Waals surface area contributed by atoms with Gasteiger partial charge in [-0.05, 0) is 24.1 Å². The molecule has 0 atom stereocenters. The summed E-state index contributed by atoms with van der Waals surface area (Å²) in [5, 5.41) is 11.4. The third-order valence-corrected chi connectivity index (χ3v) is 2.76. The van der Waals surface area contributed by atoms with E-state index in [1.54, 1.807) is 24.3 Å². The van der Waals surface area contributed by atoms with Gasteiger partial charge >= 0.3 is 0 Å². The van der Waals surface area contributed by atoms with Crippen LogP contribution in [-0.4, -0.2) is 22.6 Å². The molecule has 2 aromatic heterocycles. The van der Waals surface area contributed by atoms with Crippen LogP contribution < -0.4 is 5.32 Å². The van der Waals surface area contributed by atoms with Gasteiger partial charge in [-0.2, -0.15) is 0 Å². The maximum Gasteiger partial charge on any atom is 0.260 e. The third kappa shape index (κ3) is 3.94. The van der Waals surface area contributed by atoms with E-state index in [-0.39, 0.29) is 12.5 Å². The number of pyridine rings is 1. The Labute approximate surface area is 123 Å². The maximum absolute atomic E-state index is 12.1. The minimum absolute atomic E-state index is 0.0176. The Balaban J connectivity index is 2.11. The second-order valence-electron chi connectivity index (χ2n) is 4.25. The molecule has 0 fully saturated rings. The second kappa shape index (κ2) is 7.27. The Hall–Kier alpha value is -2.58. The quantitative estimate of drug-likeness (QED) is 0.844. The third-order valence-electron chi connectivity index (χ3n) is 2.76. The number of aliphatic hydroxyl groups excluding tert-OH is 1. The van der Waals surface area contributed by atoms with Gasteiger partial charge in [-0.25, -0.2) is 4.98 Å². The molecular formula is C16H16N2O3. The fourth-order valence-corrected chi connectivity index (χ4v) is 1.78. The highest BCUT2D eigenvalue weighted by atomic mass is 16.3. The number of aromatic nitrogens is 1. The largest absolute Gasteiger partial charge is 0.469 e. The van der Waals surface area contributed by atoms with Crippen LogP contribution in [0.5, 0.6) is 0 Å². The molecule has 2 N–H and O–H groups in total. The van der Waals surface area contributed by atoms with Crippen LogP contribution in [0.25, 0.3) is 0 Å². The Morgan fingerprint density at radius 1 is 1.43 bits per heavy atom. The van der Waals surface area contributed by atoms with Crippen LogP contribution in [0, 0.1) is 11.8 Å². The zero-order valence-electron chi connectivity index (χ0n) is 11.7. The van der Waals surface area contributed by atoms with E-state index >= 15 is 0 Å². The number of carbonyl (C=O) groups excluding carboxylic acids is 1. The van der Waals surface area contributed by atoms with E-state index in [1.807, 2.05) is 6.92 Å². The number of amides is 1. The van der Waals surface area contributed by atoms with Crippen molar-refractivity contribution < 1.29 is 14.3 Å². The van der Waals surface area contributed by atoms with E-state index in [2.05, 4.69) is 22.1 Å². The summed E-state index contributed by atoms with van der Waals surface area (Å²) in [5.74, 6) is 6.43. The molecule has 0 bridgehead atoms. The molecule has 108 valence electrons. The van der Waals surface area contributed by atoms with Crippen molar-refractivity contribution in [3.63, 3.8) is 0 Å². The summed E-state index contributed by atoms with van der Waals surface area (Å²) in [4.78, 5) is 16.4. The van der Waals surface area contributed by atoms with E-state index in [9.17, 15) is 4.79 Å². The van der Waals surface area contributed by atoms with Gasteiger partial charge in [-0.3, -0.25) is 4.79 Å². The van der Waals surface area contributed by atoms with Gasteiger partial charge in [0.05, 0.1) is 18.4 Å². The molecule has 0 aromatic carbocycles. The molecule has 0 unspecified atom stereocenters. The van der Waals surface area contributed by atoms with Crippen LogP contribution in [-0.2, 0) is 6.42 Å². The number of nitrogens with one attached hydrogen (secondary N) is 1. The zero-order chi connectivity index (χ0) is 15.1. The fraction of sp³-hybridized carbons (Fsp3) is 0.250. The molecule has 2 aromatic rings. The number of carbonyl (C=O) groups is 1. The topological polar surface area (TPSA) is 75.4 Å². The number of nitrogens with zero attached hydrogens (tertiary/aromatic N) is 1. The molecule has 5 nitrogen and oxygen atoms in total. The molecule has 0 spiro atoms. The summed E-state index contributed by atoms with van der Waals surface area (Å²) >= 11 is 0. The molecule has 5 heteroatoms. The van der Waals surface area contributed by atoms with Crippen molar-refractivity contribution >= 4 is 11.7 Å². The van der Waals surface area contributed by atoms with Crippen LogP contribution in [0.15, 0.2) is 34.9 Å². The predicted molar refractivity (Wildman–Crippen MR) is 78.9 cm³/mol. The Kier molecular flexibility index (Phi) is 5.13. The van der Waals surface area contributed by atoms with E-state index in [4.69, 9.17) is 9.52 Å². The molecule has 0 saturated carbocycles. The minimum atomic E-state index is -0.256. The smallest absolute Gasteiger partial charge is 0.260 e. The highest BCUT2D eigenvalue weighted by molar-refractivity contribution is 6.04. The SMILES string of the molecule is CCc1occc1C(=O)Nc1cccc(C#CCCO)n1. The van der Waals surface area contributed by atoms with E-state index < -0.39 is 0 Å². The van der Waals surface area contributed by atoms with Gasteiger partial charge in [0, 0.05) is 12.8 Å². The van der Waals surface area contributed by atoms with Gasteiger partial charge < -0.3 is 14.8 Å². The minimum Gasteiger partial charge on any atom is -0.469 e. The highest BCUT2D eigenvalue weighted by Crippen LogP contribution is 2.13. The lowest BCUT2D eigenvalue weighted by molar-refractivity contribution is 0.102. The number of rotatable bonds is 4. The summed E-state index contributed by atoms with van der Waals surface area (Å²) in [7, 11) is 0. The van der Waals surface area contributed by atoms with Crippen molar-refractivity contribution in [3.8, 4) is 11.8 Å². The predicted octanol–water partition coefficient (Wildman–Crippen LogP) is 2.22. The molecule has 0 radical (unpaired) electrons. The first-order valence-corrected chi connectivity index (χ1v) is 6.69. The van der Waals surface area contributed by atoms with Gasteiger partial charge in [-0.15, -0.1) is 0 Å². The average Bonchev–Trinajstić information content (AvgIpc) is 2.96. The van der Waals surface area contributed by atoms with Gasteiger partial charge in [0.1, 0.15) is 17.3 Å². The normalized spacial score (nSPS) is 9.81. The van der Waals surface area contributed by atoms with Crippen LogP contribution in [0.3, 0.4) is 0 Å². The molecule has 21 heavy (non-hydrogen) atoms. The second-order valence-corrected chi connectivity index (χ2v) is 4.25. The van der Waals surface area contributed by atoms with Crippen LogP contribution in [0.1, 0.15) is 35.2 Å². The van der Waals surface area contributed by atoms with Crippen LogP contribution in [0.2, 0.25) is 0 Å². The fourth-order valence-electron chi connectivity index (χ4n) is 1.78. The summed E-state index contributed by atoms with van der Waals surface area (Å²) in [6, 6.07) is 6.84. The van der Waals surface area contributed by atoms with Gasteiger partial charge in [0.25, 0.3) is 5.91 Å². The molecular weight excluding hydrogens is 268 g/mol. The van der Waals surface area contributed by atoms with Crippen molar-refractivity contribution in [1.82, 2.24) is 4.98 Å². The molecule has 1 amide bonds. The Bertz CT molecular complexity index is 680. The van der Waals surface area contributed by atoms with Gasteiger partial charge in [-0.1, -0.05) is 18.9 Å². The van der Waals surface area contributed by atoms with E-state index in [0.29, 0.717) is 35.7 Å². The lowest BCUT2D eigenvalue weighted by atomic mass is 10.2. The molecule has 0 aliphatic carbocycles. The summed E-state index contributed by atoms with van der Waals surface area (Å²) < 4.78 is 5.23. The van der Waals surface area contributed by atoms with Crippen molar-refractivity contribution in [1.29, 1.82) is 0 Å². The molecule has 0 aliphatic heterocycles. The first kappa shape index (κ1) is 14.8. The summed E-state index contributed by atoms with van der Waals surface area (Å²) in [5.41, 5.74) is 1.06. The number of anilines is 1. The molecule has 2 rings (SSSR count). The molecule has 0 saturated heterocycles. The summed E-state index contributed by atoms with van der Waals surface area (Å²) in [6.07, 6.45) is 2.54. The number of aliphatic hydroxyl groups is 1. The van der Waals surface area contributed by atoms with E-state index in [0.717, 1.165) is 0 Å². The summed E-state index contributed by atoms with van der Waals surface area (Å²) in [6.45, 7) is 1.94. The average molecular weight is 284 g/mol. The lowest BCUT2D eigenvalue weighted by Crippen LogP contribution is -2.14. The highest BCUT2D eigenvalue weighted by Gasteiger charge is 2.13. The van der Waals surface area contributed by atoms with Crippen LogP contribution >= 0.6 is 0 Å². The number of hydrogen-bond acceptors (Lipinski definition) is 4. The van der Waals surface area contributed by atoms with Crippen molar-refractivity contribution in [2.24, 2.45) is 0 Å². The number of hydrogen-bond donors (Lipinski definition) is 2. The lowest BCUT2D eigenvalue weighted by Gasteiger charge is -2.04. The first-order chi connectivity index (χ1) is 10.2. The Morgan fingerprint density at radius 3 is 3.05 bits per heavy atom. The maximum atomic E-state index is 12.1. The monoisotopic (exact) mass is 284 g/mol. The van der Waals surface area contributed by atoms with Crippen molar-refractivity contribution in [2.75, 3.05) is 11.9 Å². The van der Waals surface area contributed by atoms with Gasteiger partial charge in [0.15, 0.2) is 0 Å². The first-order valence-electron chi connectivity index (χ1n) is 6.69.